The van der Waals surface area contributed by atoms with Crippen molar-refractivity contribution in [1.29, 1.82) is 0 Å². The number of hydrogen-bond donors (Lipinski definition) is 2. The molecule has 2 rings (SSSR count). The second-order valence-electron chi connectivity index (χ2n) is 5.44. The van der Waals surface area contributed by atoms with Gasteiger partial charge in [0.25, 0.3) is 0 Å². The number of carboxylic acid groups (broad SMARTS) is 1. The molecule has 1 aliphatic carbocycles. The van der Waals surface area contributed by atoms with Crippen LogP contribution in [0.3, 0.4) is 0 Å². The van der Waals surface area contributed by atoms with Crippen molar-refractivity contribution in [1.82, 2.24) is 0 Å². The van der Waals surface area contributed by atoms with Gasteiger partial charge in [0.15, 0.2) is 0 Å². The topological polar surface area (TPSA) is 57.5 Å². The van der Waals surface area contributed by atoms with Crippen LogP contribution in [-0.4, -0.2) is 16.2 Å². The number of benzene rings is 1. The Kier molecular flexibility index (Phi) is 4.16. The van der Waals surface area contributed by atoms with Crippen LogP contribution in [0.15, 0.2) is 12.1 Å². The molecule has 3 unspecified atom stereocenters. The van der Waals surface area contributed by atoms with E-state index in [4.69, 9.17) is 11.6 Å². The lowest BCUT2D eigenvalue weighted by Crippen LogP contribution is -2.24. The lowest BCUT2D eigenvalue weighted by molar-refractivity contribution is -0.144. The standard InChI is InChI=1S/C15H19ClO3/c1-8-7-13(16)9(2)6-12(8)14(17)10-4-3-5-11(10)15(18)19/h6-7,10-11,14,17H,3-5H2,1-2H3,(H,18,19). The number of hydrogen-bond acceptors (Lipinski definition) is 2. The number of aliphatic hydroxyl groups is 1. The molecule has 0 bridgehead atoms. The first-order valence-electron chi connectivity index (χ1n) is 6.59. The van der Waals surface area contributed by atoms with Crippen molar-refractivity contribution < 1.29 is 15.0 Å². The number of rotatable bonds is 3. The van der Waals surface area contributed by atoms with E-state index in [9.17, 15) is 15.0 Å². The van der Waals surface area contributed by atoms with E-state index in [1.54, 1.807) is 0 Å². The van der Waals surface area contributed by atoms with Gasteiger partial charge in [0.2, 0.25) is 0 Å². The Labute approximate surface area is 118 Å². The maximum absolute atomic E-state index is 11.2. The molecule has 1 fully saturated rings. The van der Waals surface area contributed by atoms with Crippen LogP contribution in [0.25, 0.3) is 0 Å². The minimum Gasteiger partial charge on any atom is -0.481 e. The number of aliphatic carboxylic acids is 1. The van der Waals surface area contributed by atoms with Crippen molar-refractivity contribution >= 4 is 17.6 Å². The van der Waals surface area contributed by atoms with E-state index < -0.39 is 18.0 Å². The van der Waals surface area contributed by atoms with Gasteiger partial charge in [0.1, 0.15) is 0 Å². The van der Waals surface area contributed by atoms with Gasteiger partial charge < -0.3 is 10.2 Å². The highest BCUT2D eigenvalue weighted by molar-refractivity contribution is 6.31. The van der Waals surface area contributed by atoms with E-state index >= 15 is 0 Å². The highest BCUT2D eigenvalue weighted by Crippen LogP contribution is 2.41. The summed E-state index contributed by atoms with van der Waals surface area (Å²) in [5.41, 5.74) is 2.63. The summed E-state index contributed by atoms with van der Waals surface area (Å²) < 4.78 is 0. The van der Waals surface area contributed by atoms with Gasteiger partial charge in [-0.1, -0.05) is 24.1 Å². The van der Waals surface area contributed by atoms with Gasteiger partial charge in [-0.25, -0.2) is 0 Å². The zero-order valence-electron chi connectivity index (χ0n) is 11.2. The van der Waals surface area contributed by atoms with E-state index in [-0.39, 0.29) is 5.92 Å². The molecular weight excluding hydrogens is 264 g/mol. The maximum atomic E-state index is 11.2. The Hall–Kier alpha value is -1.06. The zero-order chi connectivity index (χ0) is 14.2. The van der Waals surface area contributed by atoms with Crippen LogP contribution in [0, 0.1) is 25.7 Å². The van der Waals surface area contributed by atoms with Gasteiger partial charge in [0.05, 0.1) is 12.0 Å². The molecule has 0 radical (unpaired) electrons. The SMILES string of the molecule is Cc1cc(C(O)C2CCCC2C(=O)O)c(C)cc1Cl. The largest absolute Gasteiger partial charge is 0.481 e. The van der Waals surface area contributed by atoms with Crippen molar-refractivity contribution in [2.75, 3.05) is 0 Å². The smallest absolute Gasteiger partial charge is 0.306 e. The highest BCUT2D eigenvalue weighted by atomic mass is 35.5. The van der Waals surface area contributed by atoms with Crippen LogP contribution < -0.4 is 0 Å². The molecule has 1 aliphatic rings. The first-order valence-corrected chi connectivity index (χ1v) is 6.97. The number of aryl methyl sites for hydroxylation is 2. The first-order chi connectivity index (χ1) is 8.91. The quantitative estimate of drug-likeness (QED) is 0.892. The molecule has 0 saturated heterocycles. The molecule has 104 valence electrons. The summed E-state index contributed by atoms with van der Waals surface area (Å²) in [6.45, 7) is 3.79. The number of carbonyl (C=O) groups is 1. The lowest BCUT2D eigenvalue weighted by atomic mass is 9.85. The molecule has 0 spiro atoms. The average molecular weight is 283 g/mol. The van der Waals surface area contributed by atoms with Crippen molar-refractivity contribution in [3.8, 4) is 0 Å². The number of aliphatic hydroxyl groups excluding tert-OH is 1. The molecule has 1 aromatic carbocycles. The molecule has 2 N–H and O–H groups in total. The molecule has 0 heterocycles. The van der Waals surface area contributed by atoms with Crippen molar-refractivity contribution in [2.24, 2.45) is 11.8 Å². The molecule has 0 amide bonds. The van der Waals surface area contributed by atoms with E-state index in [0.717, 1.165) is 29.5 Å². The van der Waals surface area contributed by atoms with Gasteiger partial charge in [-0.05, 0) is 49.4 Å². The predicted molar refractivity (Wildman–Crippen MR) is 74.4 cm³/mol. The van der Waals surface area contributed by atoms with Crippen LogP contribution in [0.2, 0.25) is 5.02 Å². The van der Waals surface area contributed by atoms with E-state index in [0.29, 0.717) is 11.4 Å². The predicted octanol–water partition coefficient (Wildman–Crippen LogP) is 3.49. The summed E-state index contributed by atoms with van der Waals surface area (Å²) in [7, 11) is 0. The monoisotopic (exact) mass is 282 g/mol. The third-order valence-electron chi connectivity index (χ3n) is 4.16. The van der Waals surface area contributed by atoms with Crippen molar-refractivity contribution in [3.05, 3.63) is 33.8 Å². The molecule has 1 aromatic rings. The highest BCUT2D eigenvalue weighted by Gasteiger charge is 2.38. The Morgan fingerprint density at radius 1 is 1.32 bits per heavy atom. The molecule has 1 saturated carbocycles. The van der Waals surface area contributed by atoms with Gasteiger partial charge in [-0.15, -0.1) is 0 Å². The Morgan fingerprint density at radius 2 is 2.00 bits per heavy atom. The van der Waals surface area contributed by atoms with Crippen molar-refractivity contribution in [3.63, 3.8) is 0 Å². The first kappa shape index (κ1) is 14.4. The van der Waals surface area contributed by atoms with E-state index in [2.05, 4.69) is 0 Å². The van der Waals surface area contributed by atoms with Gasteiger partial charge >= 0.3 is 5.97 Å². The normalized spacial score (nSPS) is 24.4. The van der Waals surface area contributed by atoms with Crippen LogP contribution >= 0.6 is 11.6 Å². The third kappa shape index (κ3) is 2.77. The van der Waals surface area contributed by atoms with Gasteiger partial charge in [-0.3, -0.25) is 4.79 Å². The fourth-order valence-electron chi connectivity index (χ4n) is 3.03. The average Bonchev–Trinajstić information content (AvgIpc) is 2.82. The Balaban J connectivity index is 2.31. The minimum absolute atomic E-state index is 0.197. The summed E-state index contributed by atoms with van der Waals surface area (Å²) in [6, 6.07) is 3.71. The zero-order valence-corrected chi connectivity index (χ0v) is 11.9. The van der Waals surface area contributed by atoms with Crippen molar-refractivity contribution in [2.45, 2.75) is 39.2 Å². The summed E-state index contributed by atoms with van der Waals surface area (Å²) in [5, 5.41) is 20.4. The molecule has 3 nitrogen and oxygen atoms in total. The van der Waals surface area contributed by atoms with Crippen LogP contribution in [0.1, 0.15) is 42.1 Å². The second kappa shape index (κ2) is 5.51. The van der Waals surface area contributed by atoms with E-state index in [1.807, 2.05) is 26.0 Å². The summed E-state index contributed by atoms with van der Waals surface area (Å²) in [5.74, 6) is -1.44. The molecule has 0 aromatic heterocycles. The summed E-state index contributed by atoms with van der Waals surface area (Å²) in [4.78, 5) is 11.2. The lowest BCUT2D eigenvalue weighted by Gasteiger charge is -2.24. The van der Waals surface area contributed by atoms with Crippen LogP contribution in [-0.2, 0) is 4.79 Å². The fourth-order valence-corrected chi connectivity index (χ4v) is 3.24. The molecule has 4 heteroatoms. The third-order valence-corrected chi connectivity index (χ3v) is 4.57. The summed E-state index contributed by atoms with van der Waals surface area (Å²) >= 11 is 6.05. The molecular formula is C15H19ClO3. The molecule has 0 aliphatic heterocycles. The molecule has 19 heavy (non-hydrogen) atoms. The van der Waals surface area contributed by atoms with Crippen LogP contribution in [0.4, 0.5) is 0 Å². The fraction of sp³-hybridized carbons (Fsp3) is 0.533. The van der Waals surface area contributed by atoms with E-state index in [1.165, 1.54) is 0 Å². The molecule has 3 atom stereocenters. The summed E-state index contributed by atoms with van der Waals surface area (Å²) in [6.07, 6.45) is 1.56. The maximum Gasteiger partial charge on any atom is 0.306 e. The van der Waals surface area contributed by atoms with Crippen LogP contribution in [0.5, 0.6) is 0 Å². The number of carboxylic acids is 1. The second-order valence-corrected chi connectivity index (χ2v) is 5.85. The minimum atomic E-state index is -0.801. The van der Waals surface area contributed by atoms with Gasteiger partial charge in [0, 0.05) is 10.9 Å². The Bertz CT molecular complexity index is 498. The number of halogens is 1. The Morgan fingerprint density at radius 3 is 2.63 bits per heavy atom. The van der Waals surface area contributed by atoms with Gasteiger partial charge in [-0.2, -0.15) is 0 Å².